The van der Waals surface area contributed by atoms with Crippen LogP contribution in [0, 0.1) is 5.92 Å². The van der Waals surface area contributed by atoms with Crippen molar-refractivity contribution in [1.82, 2.24) is 10.6 Å². The van der Waals surface area contributed by atoms with Gasteiger partial charge in [-0.3, -0.25) is 4.79 Å². The number of halogens is 1. The Balaban J connectivity index is 0.00000242. The van der Waals surface area contributed by atoms with Gasteiger partial charge < -0.3 is 15.4 Å². The second-order valence-electron chi connectivity index (χ2n) is 5.72. The number of methoxy groups -OCH3 is 1. The standard InChI is InChI=1S/C17H26N2O2.ClH/c1-21-11-10-18-13-17(20)19-16-9-5-8-15(16)12-14-6-3-2-4-7-14;/h2-4,6-7,15-16,18H,5,8-13H2,1H3,(H,19,20);1H. The van der Waals surface area contributed by atoms with E-state index in [0.29, 0.717) is 31.7 Å². The van der Waals surface area contributed by atoms with Gasteiger partial charge in [0.25, 0.3) is 0 Å². The molecule has 0 saturated heterocycles. The summed E-state index contributed by atoms with van der Waals surface area (Å²) in [5.74, 6) is 0.659. The molecule has 4 nitrogen and oxygen atoms in total. The smallest absolute Gasteiger partial charge is 0.234 e. The third-order valence-electron chi connectivity index (χ3n) is 4.11. The van der Waals surface area contributed by atoms with Gasteiger partial charge in [0.2, 0.25) is 5.91 Å². The molecular weight excluding hydrogens is 300 g/mol. The molecule has 0 bridgehead atoms. The van der Waals surface area contributed by atoms with Crippen LogP contribution in [0.3, 0.4) is 0 Å². The molecule has 1 aromatic rings. The second kappa shape index (κ2) is 10.6. The summed E-state index contributed by atoms with van der Waals surface area (Å²) in [6.45, 7) is 1.72. The van der Waals surface area contributed by atoms with Gasteiger partial charge in [0.15, 0.2) is 0 Å². The quantitative estimate of drug-likeness (QED) is 0.720. The van der Waals surface area contributed by atoms with E-state index in [9.17, 15) is 4.79 Å². The van der Waals surface area contributed by atoms with Gasteiger partial charge in [-0.1, -0.05) is 36.8 Å². The molecule has 2 unspecified atom stereocenters. The summed E-state index contributed by atoms with van der Waals surface area (Å²) in [5, 5.41) is 6.27. The van der Waals surface area contributed by atoms with Gasteiger partial charge >= 0.3 is 0 Å². The first-order valence-electron chi connectivity index (χ1n) is 7.82. The average molecular weight is 327 g/mol. The molecule has 2 N–H and O–H groups in total. The molecule has 2 rings (SSSR count). The summed E-state index contributed by atoms with van der Waals surface area (Å²) in [7, 11) is 1.66. The summed E-state index contributed by atoms with van der Waals surface area (Å²) in [5.41, 5.74) is 1.36. The fourth-order valence-corrected chi connectivity index (χ4v) is 3.02. The Morgan fingerprint density at radius 1 is 1.27 bits per heavy atom. The average Bonchev–Trinajstić information content (AvgIpc) is 2.92. The Hall–Kier alpha value is -1.10. The molecule has 2 atom stereocenters. The molecule has 1 aromatic carbocycles. The van der Waals surface area contributed by atoms with Crippen molar-refractivity contribution >= 4 is 18.3 Å². The van der Waals surface area contributed by atoms with Crippen LogP contribution in [0.4, 0.5) is 0 Å². The first-order valence-corrected chi connectivity index (χ1v) is 7.82. The lowest BCUT2D eigenvalue weighted by atomic mass is 9.94. The van der Waals surface area contributed by atoms with Crippen LogP contribution in [0.2, 0.25) is 0 Å². The summed E-state index contributed by atoms with van der Waals surface area (Å²) in [6, 6.07) is 10.9. The highest BCUT2D eigenvalue weighted by Gasteiger charge is 2.28. The summed E-state index contributed by atoms with van der Waals surface area (Å²) in [4.78, 5) is 11.9. The van der Waals surface area contributed by atoms with E-state index in [2.05, 4.69) is 34.9 Å². The Morgan fingerprint density at radius 2 is 2.05 bits per heavy atom. The number of ether oxygens (including phenoxy) is 1. The Bertz CT molecular complexity index is 428. The molecule has 0 aliphatic heterocycles. The highest BCUT2D eigenvalue weighted by molar-refractivity contribution is 5.85. The topological polar surface area (TPSA) is 50.4 Å². The maximum absolute atomic E-state index is 11.9. The van der Waals surface area contributed by atoms with Crippen LogP contribution in [0.1, 0.15) is 24.8 Å². The molecule has 1 fully saturated rings. The number of rotatable bonds is 8. The van der Waals surface area contributed by atoms with Crippen molar-refractivity contribution in [3.8, 4) is 0 Å². The first kappa shape index (κ1) is 18.9. The van der Waals surface area contributed by atoms with Crippen LogP contribution >= 0.6 is 12.4 Å². The van der Waals surface area contributed by atoms with Crippen molar-refractivity contribution in [2.24, 2.45) is 5.92 Å². The molecule has 0 spiro atoms. The summed E-state index contributed by atoms with van der Waals surface area (Å²) in [6.07, 6.45) is 4.57. The zero-order valence-corrected chi connectivity index (χ0v) is 14.0. The van der Waals surface area contributed by atoms with E-state index in [4.69, 9.17) is 4.74 Å². The molecule has 1 amide bonds. The number of nitrogens with one attached hydrogen (secondary N) is 2. The molecular formula is C17H27ClN2O2. The number of carbonyl (C=O) groups is 1. The van der Waals surface area contributed by atoms with E-state index in [1.807, 2.05) is 6.07 Å². The van der Waals surface area contributed by atoms with Crippen molar-refractivity contribution in [2.75, 3.05) is 26.8 Å². The van der Waals surface area contributed by atoms with E-state index in [1.54, 1.807) is 7.11 Å². The van der Waals surface area contributed by atoms with Crippen LogP contribution in [-0.2, 0) is 16.0 Å². The normalized spacial score (nSPS) is 20.4. The van der Waals surface area contributed by atoms with Crippen molar-refractivity contribution in [3.05, 3.63) is 35.9 Å². The molecule has 5 heteroatoms. The Labute approximate surface area is 139 Å². The highest BCUT2D eigenvalue weighted by Crippen LogP contribution is 2.28. The molecule has 1 saturated carbocycles. The van der Waals surface area contributed by atoms with Gasteiger partial charge in [-0.25, -0.2) is 0 Å². The Morgan fingerprint density at radius 3 is 2.77 bits per heavy atom. The zero-order valence-electron chi connectivity index (χ0n) is 13.2. The van der Waals surface area contributed by atoms with Crippen molar-refractivity contribution in [2.45, 2.75) is 31.7 Å². The van der Waals surface area contributed by atoms with Gasteiger partial charge in [-0.05, 0) is 30.7 Å². The molecule has 1 aliphatic rings. The maximum Gasteiger partial charge on any atom is 0.234 e. The predicted octanol–water partition coefficient (Wildman–Crippen LogP) is 2.17. The van der Waals surface area contributed by atoms with E-state index >= 15 is 0 Å². The fraction of sp³-hybridized carbons (Fsp3) is 0.588. The van der Waals surface area contributed by atoms with Gasteiger partial charge in [-0.2, -0.15) is 0 Å². The van der Waals surface area contributed by atoms with Crippen molar-refractivity contribution in [1.29, 1.82) is 0 Å². The summed E-state index contributed by atoms with van der Waals surface area (Å²) >= 11 is 0. The van der Waals surface area contributed by atoms with Crippen LogP contribution < -0.4 is 10.6 Å². The Kier molecular flexibility index (Phi) is 9.13. The number of amides is 1. The third kappa shape index (κ3) is 6.34. The lowest BCUT2D eigenvalue weighted by Gasteiger charge is -2.21. The third-order valence-corrected chi connectivity index (χ3v) is 4.11. The van der Waals surface area contributed by atoms with Crippen LogP contribution in [0.5, 0.6) is 0 Å². The summed E-state index contributed by atoms with van der Waals surface area (Å²) < 4.78 is 4.95. The second-order valence-corrected chi connectivity index (χ2v) is 5.72. The largest absolute Gasteiger partial charge is 0.383 e. The SMILES string of the molecule is COCCNCC(=O)NC1CCCC1Cc1ccccc1.Cl. The molecule has 22 heavy (non-hydrogen) atoms. The fourth-order valence-electron chi connectivity index (χ4n) is 3.02. The van der Waals surface area contributed by atoms with E-state index in [1.165, 1.54) is 18.4 Å². The number of hydrogen-bond donors (Lipinski definition) is 2. The minimum absolute atomic E-state index is 0. The number of benzene rings is 1. The van der Waals surface area contributed by atoms with Gasteiger partial charge in [0.05, 0.1) is 13.2 Å². The lowest BCUT2D eigenvalue weighted by molar-refractivity contribution is -0.121. The lowest BCUT2D eigenvalue weighted by Crippen LogP contribution is -2.43. The predicted molar refractivity (Wildman–Crippen MR) is 91.4 cm³/mol. The zero-order chi connectivity index (χ0) is 14.9. The van der Waals surface area contributed by atoms with E-state index in [0.717, 1.165) is 12.8 Å². The van der Waals surface area contributed by atoms with Crippen molar-refractivity contribution < 1.29 is 9.53 Å². The molecule has 0 heterocycles. The molecule has 124 valence electrons. The maximum atomic E-state index is 11.9. The molecule has 0 aromatic heterocycles. The van der Waals surface area contributed by atoms with Crippen LogP contribution in [0.25, 0.3) is 0 Å². The minimum atomic E-state index is 0. The first-order chi connectivity index (χ1) is 10.3. The molecule has 0 radical (unpaired) electrons. The van der Waals surface area contributed by atoms with Crippen LogP contribution in [-0.4, -0.2) is 38.8 Å². The van der Waals surface area contributed by atoms with E-state index < -0.39 is 0 Å². The highest BCUT2D eigenvalue weighted by atomic mass is 35.5. The monoisotopic (exact) mass is 326 g/mol. The van der Waals surface area contributed by atoms with Gasteiger partial charge in [0, 0.05) is 19.7 Å². The van der Waals surface area contributed by atoms with Gasteiger partial charge in [-0.15, -0.1) is 12.4 Å². The van der Waals surface area contributed by atoms with Crippen molar-refractivity contribution in [3.63, 3.8) is 0 Å². The number of hydrogen-bond acceptors (Lipinski definition) is 3. The number of carbonyl (C=O) groups excluding carboxylic acids is 1. The minimum Gasteiger partial charge on any atom is -0.383 e. The van der Waals surface area contributed by atoms with Crippen LogP contribution in [0.15, 0.2) is 30.3 Å². The van der Waals surface area contributed by atoms with Gasteiger partial charge in [0.1, 0.15) is 0 Å². The molecule has 1 aliphatic carbocycles. The van der Waals surface area contributed by atoms with E-state index in [-0.39, 0.29) is 18.3 Å².